The zero-order valence-electron chi connectivity index (χ0n) is 12.9. The van der Waals surface area contributed by atoms with Crippen LogP contribution < -0.4 is 0 Å². The van der Waals surface area contributed by atoms with Crippen LogP contribution in [-0.2, 0) is 21.6 Å². The summed E-state index contributed by atoms with van der Waals surface area (Å²) in [7, 11) is 0. The van der Waals surface area contributed by atoms with Gasteiger partial charge in [0.25, 0.3) is 0 Å². The van der Waals surface area contributed by atoms with Crippen molar-refractivity contribution in [2.24, 2.45) is 0 Å². The zero-order valence-corrected chi connectivity index (χ0v) is 15.0. The van der Waals surface area contributed by atoms with Gasteiger partial charge in [-0.05, 0) is 0 Å². The third kappa shape index (κ3) is 5.36. The molecule has 1 aliphatic rings. The molecule has 1 aromatic rings. The van der Waals surface area contributed by atoms with Crippen LogP contribution in [0.4, 0.5) is 0 Å². The van der Waals surface area contributed by atoms with Gasteiger partial charge in [0.1, 0.15) is 0 Å². The van der Waals surface area contributed by atoms with Crippen LogP contribution in [0.2, 0.25) is 0 Å². The van der Waals surface area contributed by atoms with Gasteiger partial charge >= 0.3 is 130 Å². The van der Waals surface area contributed by atoms with E-state index in [4.69, 9.17) is 15.1 Å². The molecule has 0 radical (unpaired) electrons. The summed E-state index contributed by atoms with van der Waals surface area (Å²) in [4.78, 5) is 2.33. The molecule has 0 spiro atoms. The molecule has 0 bridgehead atoms. The summed E-state index contributed by atoms with van der Waals surface area (Å²) >= 11 is -3.47. The van der Waals surface area contributed by atoms with Crippen molar-refractivity contribution in [3.63, 3.8) is 0 Å². The quantitative estimate of drug-likeness (QED) is 0.730. The summed E-state index contributed by atoms with van der Waals surface area (Å²) in [5, 5.41) is 0. The molecule has 0 atom stereocenters. The monoisotopic (exact) mass is 357 g/mol. The summed E-state index contributed by atoms with van der Waals surface area (Å²) in [6.07, 6.45) is 0. The van der Waals surface area contributed by atoms with Gasteiger partial charge in [-0.3, -0.25) is 0 Å². The average molecular weight is 356 g/mol. The van der Waals surface area contributed by atoms with Gasteiger partial charge < -0.3 is 0 Å². The van der Waals surface area contributed by atoms with Gasteiger partial charge in [0.15, 0.2) is 0 Å². The van der Waals surface area contributed by atoms with Crippen LogP contribution in [0.15, 0.2) is 30.3 Å². The second-order valence-electron chi connectivity index (χ2n) is 4.82. The molecule has 118 valence electrons. The molecule has 0 amide bonds. The molecule has 0 unspecified atom stereocenters. The van der Waals surface area contributed by atoms with Crippen LogP contribution in [-0.4, -0.2) is 59.0 Å². The predicted octanol–water partition coefficient (Wildman–Crippen LogP) is 2.04. The maximum absolute atomic E-state index is 5.90. The third-order valence-corrected chi connectivity index (χ3v) is 8.30. The fraction of sp³-hybridized carbons (Fsp3) is 0.600. The number of nitrogens with zero attached hydrogens (tertiary/aromatic N) is 1. The Labute approximate surface area is 130 Å². The van der Waals surface area contributed by atoms with Crippen molar-refractivity contribution in [3.8, 4) is 0 Å². The minimum atomic E-state index is -3.47. The molecule has 5 nitrogen and oxygen atoms in total. The second-order valence-corrected chi connectivity index (χ2v) is 9.35. The first-order valence-corrected chi connectivity index (χ1v) is 11.0. The van der Waals surface area contributed by atoms with Crippen LogP contribution in [0.25, 0.3) is 0 Å². The zero-order chi connectivity index (χ0) is 15.0. The first-order valence-electron chi connectivity index (χ1n) is 7.60. The Hall–Kier alpha value is -0.437. The molecule has 0 aromatic heterocycles. The molecule has 0 saturated carbocycles. The molecular formula is C15H25GeNO4. The number of hydrogen-bond donors (Lipinski definition) is 0. The van der Waals surface area contributed by atoms with E-state index in [1.807, 2.05) is 19.9 Å². The standard InChI is InChI=1S/C15H25GeNO4/c1-3-18-16(19-4-2)20-12-10-17(11-13-21-16)14-15-8-6-5-7-9-15/h5-9H,3-4,10-14H2,1-2H3. The Morgan fingerprint density at radius 1 is 1.00 bits per heavy atom. The Kier molecular flexibility index (Phi) is 7.15. The van der Waals surface area contributed by atoms with Crippen LogP contribution in [0.5, 0.6) is 0 Å². The van der Waals surface area contributed by atoms with E-state index in [-0.39, 0.29) is 0 Å². The molecule has 0 aliphatic carbocycles. The third-order valence-electron chi connectivity index (χ3n) is 3.26. The number of benzene rings is 1. The SMILES string of the molecule is CC[O][Ge]1([O]CC)[O]CCN(Cc2ccccc2)CC[O]1. The van der Waals surface area contributed by atoms with E-state index in [0.717, 1.165) is 19.6 Å². The van der Waals surface area contributed by atoms with Gasteiger partial charge in [0.2, 0.25) is 0 Å². The molecule has 1 aromatic carbocycles. The molecule has 2 rings (SSSR count). The van der Waals surface area contributed by atoms with Crippen LogP contribution in [0.3, 0.4) is 0 Å². The van der Waals surface area contributed by atoms with Crippen molar-refractivity contribution in [1.29, 1.82) is 0 Å². The van der Waals surface area contributed by atoms with E-state index < -0.39 is 14.6 Å². The molecule has 1 heterocycles. The molecule has 0 N–H and O–H groups in total. The van der Waals surface area contributed by atoms with Crippen LogP contribution in [0.1, 0.15) is 19.4 Å². The van der Waals surface area contributed by atoms with Crippen molar-refractivity contribution in [1.82, 2.24) is 4.90 Å². The molecule has 21 heavy (non-hydrogen) atoms. The summed E-state index contributed by atoms with van der Waals surface area (Å²) in [5.41, 5.74) is 1.31. The van der Waals surface area contributed by atoms with Crippen LogP contribution >= 0.6 is 0 Å². The van der Waals surface area contributed by atoms with Gasteiger partial charge in [-0.2, -0.15) is 0 Å². The van der Waals surface area contributed by atoms with E-state index in [9.17, 15) is 0 Å². The van der Waals surface area contributed by atoms with Crippen molar-refractivity contribution in [3.05, 3.63) is 35.9 Å². The van der Waals surface area contributed by atoms with Gasteiger partial charge in [-0.1, -0.05) is 0 Å². The Balaban J connectivity index is 1.88. The van der Waals surface area contributed by atoms with Crippen molar-refractivity contribution in [2.45, 2.75) is 20.4 Å². The van der Waals surface area contributed by atoms with E-state index in [0.29, 0.717) is 26.4 Å². The van der Waals surface area contributed by atoms with Gasteiger partial charge in [0, 0.05) is 0 Å². The summed E-state index contributed by atoms with van der Waals surface area (Å²) < 4.78 is 23.2. The van der Waals surface area contributed by atoms with Crippen molar-refractivity contribution >= 4 is 14.6 Å². The first-order chi connectivity index (χ1) is 10.3. The van der Waals surface area contributed by atoms with Crippen molar-refractivity contribution < 1.29 is 15.1 Å². The molecule has 6 heteroatoms. The fourth-order valence-corrected chi connectivity index (χ4v) is 6.28. The number of hydrogen-bond acceptors (Lipinski definition) is 5. The first kappa shape index (κ1) is 16.9. The second kappa shape index (κ2) is 8.87. The Bertz CT molecular complexity index is 386. The topological polar surface area (TPSA) is 40.2 Å². The van der Waals surface area contributed by atoms with Crippen molar-refractivity contribution in [2.75, 3.05) is 39.5 Å². The van der Waals surface area contributed by atoms with Gasteiger partial charge in [-0.15, -0.1) is 0 Å². The van der Waals surface area contributed by atoms with Gasteiger partial charge in [0.05, 0.1) is 0 Å². The van der Waals surface area contributed by atoms with E-state index >= 15 is 0 Å². The minimum absolute atomic E-state index is 0.563. The van der Waals surface area contributed by atoms with Crippen LogP contribution in [0, 0.1) is 0 Å². The van der Waals surface area contributed by atoms with E-state index in [1.54, 1.807) is 0 Å². The molecule has 1 saturated heterocycles. The average Bonchev–Trinajstić information content (AvgIpc) is 2.46. The normalized spacial score (nSPS) is 19.9. The Morgan fingerprint density at radius 3 is 2.10 bits per heavy atom. The summed E-state index contributed by atoms with van der Waals surface area (Å²) in [6, 6.07) is 10.5. The molecule has 1 aliphatic heterocycles. The summed E-state index contributed by atoms with van der Waals surface area (Å²) in [5.74, 6) is 0. The number of rotatable bonds is 6. The fourth-order valence-electron chi connectivity index (χ4n) is 2.31. The van der Waals surface area contributed by atoms with E-state index in [2.05, 4.69) is 29.2 Å². The maximum atomic E-state index is 5.90. The molecular weight excluding hydrogens is 331 g/mol. The molecule has 1 fully saturated rings. The van der Waals surface area contributed by atoms with E-state index in [1.165, 1.54) is 5.56 Å². The predicted molar refractivity (Wildman–Crippen MR) is 82.6 cm³/mol. The summed E-state index contributed by atoms with van der Waals surface area (Å²) in [6.45, 7) is 8.84. The Morgan fingerprint density at radius 2 is 1.57 bits per heavy atom. The van der Waals surface area contributed by atoms with Gasteiger partial charge in [-0.25, -0.2) is 0 Å².